The van der Waals surface area contributed by atoms with Crippen molar-refractivity contribution in [2.45, 2.75) is 33.6 Å². The molecule has 0 saturated carbocycles. The summed E-state index contributed by atoms with van der Waals surface area (Å²) in [4.78, 5) is 2.46. The molecule has 0 amide bonds. The second-order valence-electron chi connectivity index (χ2n) is 5.47. The molecule has 1 aliphatic heterocycles. The summed E-state index contributed by atoms with van der Waals surface area (Å²) < 4.78 is 19.8. The van der Waals surface area contributed by atoms with Crippen LogP contribution in [0.15, 0.2) is 0 Å². The van der Waals surface area contributed by atoms with Gasteiger partial charge in [-0.1, -0.05) is 20.8 Å². The average molecular weight is 233 g/mol. The van der Waals surface area contributed by atoms with Crippen LogP contribution in [0.3, 0.4) is 0 Å². The van der Waals surface area contributed by atoms with Gasteiger partial charge in [0.05, 0.1) is 5.75 Å². The predicted molar refractivity (Wildman–Crippen MR) is 64.3 cm³/mol. The van der Waals surface area contributed by atoms with E-state index in [1.165, 1.54) is 0 Å². The first kappa shape index (κ1) is 13.1. The summed E-state index contributed by atoms with van der Waals surface area (Å²) in [6, 6.07) is 0. The van der Waals surface area contributed by atoms with Crippen molar-refractivity contribution in [3.05, 3.63) is 0 Å². The fourth-order valence-corrected chi connectivity index (χ4v) is 3.12. The van der Waals surface area contributed by atoms with E-state index in [9.17, 15) is 4.21 Å². The summed E-state index contributed by atoms with van der Waals surface area (Å²) in [6.07, 6.45) is 2.10. The van der Waals surface area contributed by atoms with Gasteiger partial charge >= 0.3 is 0 Å². The van der Waals surface area contributed by atoms with Gasteiger partial charge in [-0.2, -0.15) is 0 Å². The van der Waals surface area contributed by atoms with E-state index in [4.69, 9.17) is 4.55 Å². The van der Waals surface area contributed by atoms with Crippen LogP contribution in [0.4, 0.5) is 0 Å². The molecule has 0 aromatic rings. The first-order valence-electron chi connectivity index (χ1n) is 5.71. The van der Waals surface area contributed by atoms with Crippen molar-refractivity contribution in [2.24, 2.45) is 11.3 Å². The number of hydrogen-bond acceptors (Lipinski definition) is 2. The second kappa shape index (κ2) is 5.41. The molecule has 1 N–H and O–H groups in total. The molecule has 1 heterocycles. The molecule has 0 spiro atoms. The van der Waals surface area contributed by atoms with Gasteiger partial charge in [0.15, 0.2) is 11.1 Å². The molecule has 0 radical (unpaired) electrons. The normalized spacial score (nSPS) is 24.3. The van der Waals surface area contributed by atoms with E-state index in [2.05, 4.69) is 25.7 Å². The highest BCUT2D eigenvalue weighted by Crippen LogP contribution is 2.31. The summed E-state index contributed by atoms with van der Waals surface area (Å²) in [5.74, 6) is 1.14. The molecule has 0 aliphatic carbocycles. The van der Waals surface area contributed by atoms with E-state index in [1.54, 1.807) is 0 Å². The summed E-state index contributed by atoms with van der Waals surface area (Å²) in [6.45, 7) is 9.90. The monoisotopic (exact) mass is 233 g/mol. The Morgan fingerprint density at radius 3 is 2.33 bits per heavy atom. The minimum absolute atomic E-state index is 0.0765. The molecular formula is C11H23NO2S. The van der Waals surface area contributed by atoms with Gasteiger partial charge in [0.2, 0.25) is 0 Å². The smallest absolute Gasteiger partial charge is 0.153 e. The van der Waals surface area contributed by atoms with Crippen LogP contribution in [0.5, 0.6) is 0 Å². The van der Waals surface area contributed by atoms with E-state index in [0.717, 1.165) is 32.5 Å². The van der Waals surface area contributed by atoms with Gasteiger partial charge in [-0.3, -0.25) is 0 Å². The molecule has 1 unspecified atom stereocenters. The van der Waals surface area contributed by atoms with Gasteiger partial charge in [-0.05, 0) is 37.3 Å². The Balaban J connectivity index is 2.37. The molecule has 15 heavy (non-hydrogen) atoms. The fourth-order valence-electron chi connectivity index (χ4n) is 2.23. The lowest BCUT2D eigenvalue weighted by Gasteiger charge is -2.39. The summed E-state index contributed by atoms with van der Waals surface area (Å²) in [5.41, 5.74) is 0.0765. The Kier molecular flexibility index (Phi) is 4.74. The first-order valence-corrected chi connectivity index (χ1v) is 6.99. The van der Waals surface area contributed by atoms with Gasteiger partial charge in [0.1, 0.15) is 0 Å². The highest BCUT2D eigenvalue weighted by atomic mass is 32.2. The second-order valence-corrected chi connectivity index (χ2v) is 6.40. The third-order valence-electron chi connectivity index (χ3n) is 3.16. The molecule has 1 saturated heterocycles. The molecule has 90 valence electrons. The van der Waals surface area contributed by atoms with E-state index >= 15 is 0 Å². The molecule has 0 aromatic heterocycles. The largest absolute Gasteiger partial charge is 0.306 e. The van der Waals surface area contributed by atoms with E-state index in [1.807, 2.05) is 0 Å². The quantitative estimate of drug-likeness (QED) is 0.755. The molecule has 1 aliphatic rings. The maximum absolute atomic E-state index is 10.8. The number of piperidine rings is 1. The summed E-state index contributed by atoms with van der Waals surface area (Å²) in [5, 5.41) is 0. The molecule has 1 atom stereocenters. The van der Waals surface area contributed by atoms with Crippen molar-refractivity contribution in [3.8, 4) is 0 Å². The van der Waals surface area contributed by atoms with Crippen molar-refractivity contribution in [2.75, 3.05) is 25.4 Å². The molecule has 3 nitrogen and oxygen atoms in total. The third kappa shape index (κ3) is 4.62. The number of rotatable bonds is 4. The topological polar surface area (TPSA) is 40.5 Å². The maximum Gasteiger partial charge on any atom is 0.153 e. The zero-order chi connectivity index (χ0) is 11.5. The minimum Gasteiger partial charge on any atom is -0.306 e. The third-order valence-corrected chi connectivity index (χ3v) is 4.10. The van der Waals surface area contributed by atoms with E-state index in [0.29, 0.717) is 11.7 Å². The number of nitrogens with zero attached hydrogens (tertiary/aromatic N) is 1. The Labute approximate surface area is 95.5 Å². The Morgan fingerprint density at radius 2 is 1.93 bits per heavy atom. The first-order chi connectivity index (χ1) is 6.91. The Hall–Kier alpha value is 0.0700. The lowest BCUT2D eigenvalue weighted by atomic mass is 9.82. The lowest BCUT2D eigenvalue weighted by molar-refractivity contribution is 0.123. The van der Waals surface area contributed by atoms with Gasteiger partial charge in [0, 0.05) is 6.54 Å². The molecular weight excluding hydrogens is 210 g/mol. The lowest BCUT2D eigenvalue weighted by Crippen LogP contribution is -2.42. The minimum atomic E-state index is -1.64. The van der Waals surface area contributed by atoms with Crippen molar-refractivity contribution in [3.63, 3.8) is 0 Å². The Bertz CT molecular complexity index is 223. The van der Waals surface area contributed by atoms with Gasteiger partial charge < -0.3 is 9.45 Å². The molecule has 1 rings (SSSR count). The molecule has 0 bridgehead atoms. The van der Waals surface area contributed by atoms with Crippen molar-refractivity contribution >= 4 is 11.1 Å². The van der Waals surface area contributed by atoms with E-state index in [-0.39, 0.29) is 5.41 Å². The average Bonchev–Trinajstić information content (AvgIpc) is 2.07. The van der Waals surface area contributed by atoms with Crippen LogP contribution in [0.1, 0.15) is 33.6 Å². The molecule has 4 heteroatoms. The maximum atomic E-state index is 10.8. The zero-order valence-electron chi connectivity index (χ0n) is 10.0. The number of hydrogen-bond donors (Lipinski definition) is 1. The Morgan fingerprint density at radius 1 is 1.40 bits per heavy atom. The van der Waals surface area contributed by atoms with Crippen LogP contribution >= 0.6 is 0 Å². The van der Waals surface area contributed by atoms with Crippen molar-refractivity contribution < 1.29 is 8.76 Å². The van der Waals surface area contributed by atoms with Crippen LogP contribution < -0.4 is 0 Å². The van der Waals surface area contributed by atoms with Crippen LogP contribution in [-0.2, 0) is 11.1 Å². The zero-order valence-corrected chi connectivity index (χ0v) is 10.8. The van der Waals surface area contributed by atoms with Crippen molar-refractivity contribution in [1.82, 2.24) is 4.90 Å². The molecule has 1 fully saturated rings. The van der Waals surface area contributed by atoms with Gasteiger partial charge in [-0.15, -0.1) is 0 Å². The van der Waals surface area contributed by atoms with Crippen LogP contribution in [0.25, 0.3) is 0 Å². The standard InChI is InChI=1S/C11H23NO2S/c1-10(2)8-12-6-4-11(3,5-7-12)9-15(13)14/h10H,4-9H2,1-3H3,(H,13,14). The number of likely N-dealkylation sites (tertiary alicyclic amines) is 1. The SMILES string of the molecule is CC(C)CN1CCC(C)(CS(=O)O)CC1. The molecule has 0 aromatic carbocycles. The van der Waals surface area contributed by atoms with Gasteiger partial charge in [-0.25, -0.2) is 4.21 Å². The van der Waals surface area contributed by atoms with E-state index < -0.39 is 11.1 Å². The van der Waals surface area contributed by atoms with Gasteiger partial charge in [0.25, 0.3) is 0 Å². The highest BCUT2D eigenvalue weighted by Gasteiger charge is 2.31. The van der Waals surface area contributed by atoms with Crippen molar-refractivity contribution in [1.29, 1.82) is 0 Å². The summed E-state index contributed by atoms with van der Waals surface area (Å²) in [7, 11) is 0. The predicted octanol–water partition coefficient (Wildman–Crippen LogP) is 1.97. The van der Waals surface area contributed by atoms with Crippen LogP contribution in [-0.4, -0.2) is 39.0 Å². The van der Waals surface area contributed by atoms with Crippen LogP contribution in [0.2, 0.25) is 0 Å². The highest BCUT2D eigenvalue weighted by molar-refractivity contribution is 7.79. The summed E-state index contributed by atoms with van der Waals surface area (Å²) >= 11 is -1.64. The van der Waals surface area contributed by atoms with Crippen LogP contribution in [0, 0.1) is 11.3 Å². The fraction of sp³-hybridized carbons (Fsp3) is 1.00.